The molecule has 0 amide bonds. The minimum Gasteiger partial charge on any atom is -0.497 e. The van der Waals surface area contributed by atoms with Gasteiger partial charge in [-0.05, 0) is 43.2 Å². The number of benzene rings is 1. The van der Waals surface area contributed by atoms with Crippen molar-refractivity contribution in [2.45, 2.75) is 44.9 Å². The molecule has 1 aromatic carbocycles. The minimum absolute atomic E-state index is 0.0414. The van der Waals surface area contributed by atoms with Gasteiger partial charge in [0.25, 0.3) is 0 Å². The van der Waals surface area contributed by atoms with Gasteiger partial charge < -0.3 is 15.2 Å². The molecule has 0 aromatic heterocycles. The molecule has 2 aliphatic rings. The van der Waals surface area contributed by atoms with E-state index < -0.39 is 5.41 Å². The fourth-order valence-corrected chi connectivity index (χ4v) is 4.53. The molecule has 30 heavy (non-hydrogen) atoms. The molecule has 2 unspecified atom stereocenters. The number of hydrogen-bond acceptors (Lipinski definition) is 6. The second kappa shape index (κ2) is 8.93. The molecule has 0 bridgehead atoms. The predicted molar refractivity (Wildman–Crippen MR) is 112 cm³/mol. The number of rotatable bonds is 6. The summed E-state index contributed by atoms with van der Waals surface area (Å²) in [5.41, 5.74) is 6.66. The molecule has 0 aliphatic heterocycles. The van der Waals surface area contributed by atoms with E-state index in [0.29, 0.717) is 18.1 Å². The van der Waals surface area contributed by atoms with E-state index in [-0.39, 0.29) is 23.1 Å². The molecule has 2 atom stereocenters. The van der Waals surface area contributed by atoms with Crippen molar-refractivity contribution < 1.29 is 9.47 Å². The lowest BCUT2D eigenvalue weighted by Gasteiger charge is -2.42. The Labute approximate surface area is 177 Å². The summed E-state index contributed by atoms with van der Waals surface area (Å²) in [6.45, 7) is 2.65. The van der Waals surface area contributed by atoms with Gasteiger partial charge in [-0.2, -0.15) is 15.8 Å². The van der Waals surface area contributed by atoms with Crippen molar-refractivity contribution in [3.63, 3.8) is 0 Å². The van der Waals surface area contributed by atoms with E-state index >= 15 is 0 Å². The van der Waals surface area contributed by atoms with Crippen LogP contribution in [0.1, 0.15) is 50.5 Å². The lowest BCUT2D eigenvalue weighted by atomic mass is 9.58. The monoisotopic (exact) mass is 402 g/mol. The molecule has 0 saturated carbocycles. The summed E-state index contributed by atoms with van der Waals surface area (Å²) < 4.78 is 11.5. The SMILES string of the molecule is CCCCOc1cc(OC)ccc1C1C(C#N)=C(N)C(C#N)(C#N)C2=CCCCC21. The Balaban J connectivity index is 2.23. The number of nitrogens with two attached hydrogens (primary N) is 1. The van der Waals surface area contributed by atoms with Crippen LogP contribution in [0, 0.1) is 45.3 Å². The van der Waals surface area contributed by atoms with Crippen LogP contribution in [0.5, 0.6) is 11.5 Å². The van der Waals surface area contributed by atoms with Crippen LogP contribution in [-0.4, -0.2) is 13.7 Å². The zero-order valence-electron chi connectivity index (χ0n) is 17.4. The maximum atomic E-state index is 10.0. The van der Waals surface area contributed by atoms with Crippen LogP contribution in [0.25, 0.3) is 0 Å². The molecule has 3 rings (SSSR count). The van der Waals surface area contributed by atoms with Gasteiger partial charge in [0.2, 0.25) is 5.41 Å². The van der Waals surface area contributed by atoms with Crippen molar-refractivity contribution in [3.05, 3.63) is 46.7 Å². The molecule has 154 valence electrons. The third kappa shape index (κ3) is 3.38. The van der Waals surface area contributed by atoms with E-state index in [1.807, 2.05) is 24.3 Å². The summed E-state index contributed by atoms with van der Waals surface area (Å²) in [5.74, 6) is 0.805. The molecule has 6 heteroatoms. The molecule has 0 heterocycles. The van der Waals surface area contributed by atoms with Gasteiger partial charge in [-0.15, -0.1) is 0 Å². The highest BCUT2D eigenvalue weighted by atomic mass is 16.5. The van der Waals surface area contributed by atoms with Crippen molar-refractivity contribution in [3.8, 4) is 29.7 Å². The highest BCUT2D eigenvalue weighted by Crippen LogP contribution is 2.56. The summed E-state index contributed by atoms with van der Waals surface area (Å²) in [6, 6.07) is 12.0. The zero-order valence-corrected chi connectivity index (χ0v) is 17.4. The maximum absolute atomic E-state index is 10.0. The van der Waals surface area contributed by atoms with Gasteiger partial charge in [-0.3, -0.25) is 0 Å². The van der Waals surface area contributed by atoms with Gasteiger partial charge in [0.15, 0.2) is 0 Å². The average Bonchev–Trinajstić information content (AvgIpc) is 2.79. The van der Waals surface area contributed by atoms with Crippen LogP contribution < -0.4 is 15.2 Å². The maximum Gasteiger partial charge on any atom is 0.204 e. The highest BCUT2D eigenvalue weighted by Gasteiger charge is 2.52. The largest absolute Gasteiger partial charge is 0.497 e. The number of nitrogens with zero attached hydrogens (tertiary/aromatic N) is 3. The van der Waals surface area contributed by atoms with E-state index in [1.54, 1.807) is 7.11 Å². The molecular weight excluding hydrogens is 376 g/mol. The Morgan fingerprint density at radius 3 is 2.63 bits per heavy atom. The highest BCUT2D eigenvalue weighted by molar-refractivity contribution is 5.60. The normalized spacial score (nSPS) is 22.0. The summed E-state index contributed by atoms with van der Waals surface area (Å²) in [7, 11) is 1.60. The molecule has 0 spiro atoms. The molecule has 6 nitrogen and oxygen atoms in total. The third-order valence-corrected chi connectivity index (χ3v) is 6.09. The van der Waals surface area contributed by atoms with Crippen molar-refractivity contribution in [1.29, 1.82) is 15.8 Å². The van der Waals surface area contributed by atoms with Gasteiger partial charge in [-0.25, -0.2) is 0 Å². The van der Waals surface area contributed by atoms with Gasteiger partial charge in [-0.1, -0.05) is 25.5 Å². The summed E-state index contributed by atoms with van der Waals surface area (Å²) in [4.78, 5) is 0. The lowest BCUT2D eigenvalue weighted by Crippen LogP contribution is -2.40. The first kappa shape index (κ1) is 21.3. The standard InChI is InChI=1S/C24H26N4O2/c1-3-4-11-30-21-12-16(29-2)9-10-18(21)22-17-7-5-6-8-20(17)24(14-26,15-27)23(28)19(22)13-25/h8-10,12,17,22H,3-7,11,28H2,1-2H3. The molecule has 2 aliphatic carbocycles. The Hall–Kier alpha value is -3.43. The van der Waals surface area contributed by atoms with Crippen LogP contribution in [0.2, 0.25) is 0 Å². The topological polar surface area (TPSA) is 116 Å². The molecule has 2 N–H and O–H groups in total. The number of methoxy groups -OCH3 is 1. The van der Waals surface area contributed by atoms with E-state index in [9.17, 15) is 15.8 Å². The second-order valence-electron chi connectivity index (χ2n) is 7.69. The molecular formula is C24H26N4O2. The molecule has 0 fully saturated rings. The Kier molecular flexibility index (Phi) is 6.34. The van der Waals surface area contributed by atoms with E-state index in [4.69, 9.17) is 15.2 Å². The van der Waals surface area contributed by atoms with Crippen molar-refractivity contribution in [2.75, 3.05) is 13.7 Å². The molecule has 1 aromatic rings. The van der Waals surface area contributed by atoms with Crippen molar-refractivity contribution >= 4 is 0 Å². The number of nitriles is 3. The quantitative estimate of drug-likeness (QED) is 0.554. The molecule has 0 radical (unpaired) electrons. The van der Waals surface area contributed by atoms with Gasteiger partial charge >= 0.3 is 0 Å². The van der Waals surface area contributed by atoms with Gasteiger partial charge in [0.1, 0.15) is 11.5 Å². The summed E-state index contributed by atoms with van der Waals surface area (Å²) in [6.07, 6.45) is 6.38. The van der Waals surface area contributed by atoms with E-state index in [1.165, 1.54) is 0 Å². The van der Waals surface area contributed by atoms with Crippen LogP contribution in [0.15, 0.2) is 41.1 Å². The first-order chi connectivity index (χ1) is 14.6. The smallest absolute Gasteiger partial charge is 0.204 e. The summed E-state index contributed by atoms with van der Waals surface area (Å²) in [5, 5.41) is 29.8. The third-order valence-electron chi connectivity index (χ3n) is 6.09. The number of fused-ring (bicyclic) bond motifs is 1. The first-order valence-corrected chi connectivity index (χ1v) is 10.3. The van der Waals surface area contributed by atoms with E-state index in [0.717, 1.165) is 43.2 Å². The second-order valence-corrected chi connectivity index (χ2v) is 7.69. The van der Waals surface area contributed by atoms with Gasteiger partial charge in [0, 0.05) is 17.5 Å². The predicted octanol–water partition coefficient (Wildman–Crippen LogP) is 4.47. The van der Waals surface area contributed by atoms with Crippen LogP contribution in [0.3, 0.4) is 0 Å². The van der Waals surface area contributed by atoms with Gasteiger partial charge in [0.05, 0.1) is 43.2 Å². The van der Waals surface area contributed by atoms with Crippen LogP contribution in [0.4, 0.5) is 0 Å². The lowest BCUT2D eigenvalue weighted by molar-refractivity contribution is 0.297. The Bertz CT molecular complexity index is 990. The summed E-state index contributed by atoms with van der Waals surface area (Å²) >= 11 is 0. The van der Waals surface area contributed by atoms with Crippen molar-refractivity contribution in [2.24, 2.45) is 17.1 Å². The minimum atomic E-state index is -1.58. The number of ether oxygens (including phenoxy) is 2. The van der Waals surface area contributed by atoms with Crippen molar-refractivity contribution in [1.82, 2.24) is 0 Å². The fraction of sp³-hybridized carbons (Fsp3) is 0.458. The van der Waals surface area contributed by atoms with E-state index in [2.05, 4.69) is 25.1 Å². The zero-order chi connectivity index (χ0) is 21.7. The Morgan fingerprint density at radius 1 is 1.23 bits per heavy atom. The number of unbranched alkanes of at least 4 members (excludes halogenated alkanes) is 1. The Morgan fingerprint density at radius 2 is 2.00 bits per heavy atom. The van der Waals surface area contributed by atoms with Crippen LogP contribution in [-0.2, 0) is 0 Å². The fourth-order valence-electron chi connectivity index (χ4n) is 4.53. The molecule has 0 saturated heterocycles. The average molecular weight is 402 g/mol. The first-order valence-electron chi connectivity index (χ1n) is 10.3. The number of hydrogen-bond donors (Lipinski definition) is 1. The van der Waals surface area contributed by atoms with Crippen LogP contribution >= 0.6 is 0 Å². The number of allylic oxidation sites excluding steroid dienone is 3.